The number of aryl methyl sites for hydroxylation is 1. The van der Waals surface area contributed by atoms with Crippen LogP contribution < -0.4 is 4.90 Å². The van der Waals surface area contributed by atoms with Crippen molar-refractivity contribution < 1.29 is 4.79 Å². The number of rotatable bonds is 4. The van der Waals surface area contributed by atoms with Crippen LogP contribution in [0.2, 0.25) is 5.02 Å². The van der Waals surface area contributed by atoms with Crippen LogP contribution in [0.3, 0.4) is 0 Å². The largest absolute Gasteiger partial charge is 0.279 e. The number of amides is 1. The number of hydrogen-bond acceptors (Lipinski definition) is 4. The average molecular weight is 432 g/mol. The Kier molecular flexibility index (Phi) is 6.23. The van der Waals surface area contributed by atoms with Crippen LogP contribution in [0.15, 0.2) is 82.1 Å². The van der Waals surface area contributed by atoms with Gasteiger partial charge in [-0.15, -0.1) is 0 Å². The van der Waals surface area contributed by atoms with Crippen molar-refractivity contribution in [3.05, 3.63) is 98.6 Å². The van der Waals surface area contributed by atoms with E-state index in [9.17, 15) is 9.70 Å². The Bertz CT molecular complexity index is 1140. The van der Waals surface area contributed by atoms with Gasteiger partial charge in [0, 0.05) is 21.8 Å². The molecule has 1 aliphatic heterocycles. The molecule has 0 N–H and O–H groups in total. The molecular formula is C25H22ClN3O2. The standard InChI is InChI=1S/C25H22ClN3O2/c1-2-23-22(13-14-28-31)25(18-7-10-20(26)11-8-18)27-16-24(30)29(23)21-12-9-17-5-3-4-6-19(17)15-21/h2,4,6-13,15H,3,5,14,16H2,1H3/b22-13+,23-2+. The third kappa shape index (κ3) is 4.28. The zero-order valence-electron chi connectivity index (χ0n) is 17.2. The van der Waals surface area contributed by atoms with Crippen LogP contribution >= 0.6 is 11.6 Å². The number of allylic oxidation sites excluding steroid dienone is 3. The molecule has 0 fully saturated rings. The maximum Gasteiger partial charge on any atom is 0.253 e. The zero-order valence-corrected chi connectivity index (χ0v) is 18.0. The Labute approximate surface area is 186 Å². The quantitative estimate of drug-likeness (QED) is 0.580. The Balaban J connectivity index is 1.83. The number of nitroso groups, excluding NO2 is 1. The fraction of sp³-hybridized carbons (Fsp3) is 0.200. The van der Waals surface area contributed by atoms with Crippen molar-refractivity contribution in [2.24, 2.45) is 10.2 Å². The minimum atomic E-state index is -0.137. The molecule has 1 aliphatic carbocycles. The van der Waals surface area contributed by atoms with E-state index in [1.807, 2.05) is 37.3 Å². The van der Waals surface area contributed by atoms with E-state index in [1.165, 1.54) is 5.56 Å². The first-order valence-electron chi connectivity index (χ1n) is 10.2. The summed E-state index contributed by atoms with van der Waals surface area (Å²) in [5.74, 6) is -0.137. The summed E-state index contributed by atoms with van der Waals surface area (Å²) in [6.45, 7) is 1.85. The molecule has 4 rings (SSSR count). The van der Waals surface area contributed by atoms with Gasteiger partial charge in [0.05, 0.1) is 11.4 Å². The van der Waals surface area contributed by atoms with Crippen molar-refractivity contribution >= 4 is 35.0 Å². The Morgan fingerprint density at radius 3 is 2.74 bits per heavy atom. The number of hydrogen-bond donors (Lipinski definition) is 0. The Morgan fingerprint density at radius 2 is 2.00 bits per heavy atom. The fourth-order valence-corrected chi connectivity index (χ4v) is 4.11. The molecule has 31 heavy (non-hydrogen) atoms. The number of benzene rings is 2. The second-order valence-electron chi connectivity index (χ2n) is 7.33. The number of carbonyl (C=O) groups excluding carboxylic acids is 1. The van der Waals surface area contributed by atoms with Crippen LogP contribution in [0, 0.1) is 4.91 Å². The number of carbonyl (C=O) groups is 1. The minimum Gasteiger partial charge on any atom is -0.279 e. The molecule has 5 nitrogen and oxygen atoms in total. The molecule has 1 heterocycles. The van der Waals surface area contributed by atoms with Gasteiger partial charge in [0.1, 0.15) is 13.1 Å². The number of nitrogens with zero attached hydrogens (tertiary/aromatic N) is 3. The van der Waals surface area contributed by atoms with Gasteiger partial charge < -0.3 is 0 Å². The van der Waals surface area contributed by atoms with Crippen LogP contribution in [-0.2, 0) is 11.2 Å². The maximum atomic E-state index is 13.2. The summed E-state index contributed by atoms with van der Waals surface area (Å²) < 4.78 is 0. The second kappa shape index (κ2) is 9.23. The summed E-state index contributed by atoms with van der Waals surface area (Å²) in [5.41, 5.74) is 6.01. The van der Waals surface area contributed by atoms with Gasteiger partial charge in [0.25, 0.3) is 5.91 Å². The van der Waals surface area contributed by atoms with Crippen LogP contribution in [0.1, 0.15) is 30.0 Å². The molecule has 2 aliphatic rings. The van der Waals surface area contributed by atoms with Crippen LogP contribution in [-0.4, -0.2) is 24.7 Å². The molecule has 0 atom stereocenters. The Hall–Kier alpha value is -3.31. The zero-order chi connectivity index (χ0) is 21.8. The van der Waals surface area contributed by atoms with Gasteiger partial charge in [-0.05, 0) is 61.2 Å². The number of fused-ring (bicyclic) bond motifs is 1. The van der Waals surface area contributed by atoms with E-state index in [2.05, 4.69) is 28.4 Å². The van der Waals surface area contributed by atoms with Gasteiger partial charge in [-0.3, -0.25) is 14.7 Å². The number of halogens is 1. The SMILES string of the molecule is C/C=C1\C(=C/CN=O)C(c2ccc(Cl)cc2)=NCC(=O)N1c1ccc2c(c1)C=CCC2. The van der Waals surface area contributed by atoms with Gasteiger partial charge in [-0.25, -0.2) is 0 Å². The predicted octanol–water partition coefficient (Wildman–Crippen LogP) is 5.73. The first kappa shape index (κ1) is 20.9. The molecule has 2 aromatic carbocycles. The summed E-state index contributed by atoms with van der Waals surface area (Å²) in [4.78, 5) is 30.5. The van der Waals surface area contributed by atoms with Gasteiger partial charge >= 0.3 is 0 Å². The maximum absolute atomic E-state index is 13.2. The first-order chi connectivity index (χ1) is 15.1. The normalized spacial score (nSPS) is 18.7. The number of aliphatic imine (C=N–C) groups is 1. The molecule has 6 heteroatoms. The molecule has 0 spiro atoms. The highest BCUT2D eigenvalue weighted by atomic mass is 35.5. The van der Waals surface area contributed by atoms with Crippen molar-refractivity contribution in [2.75, 3.05) is 18.0 Å². The lowest BCUT2D eigenvalue weighted by atomic mass is 9.95. The predicted molar refractivity (Wildman–Crippen MR) is 127 cm³/mol. The molecular weight excluding hydrogens is 410 g/mol. The van der Waals surface area contributed by atoms with Crippen molar-refractivity contribution in [3.8, 4) is 0 Å². The van der Waals surface area contributed by atoms with Crippen molar-refractivity contribution in [3.63, 3.8) is 0 Å². The molecule has 0 radical (unpaired) electrons. The molecule has 156 valence electrons. The average Bonchev–Trinajstić information content (AvgIpc) is 2.93. The highest BCUT2D eigenvalue weighted by Gasteiger charge is 2.29. The van der Waals surface area contributed by atoms with Crippen LogP contribution in [0.5, 0.6) is 0 Å². The molecule has 1 amide bonds. The van der Waals surface area contributed by atoms with Crippen LogP contribution in [0.4, 0.5) is 5.69 Å². The number of anilines is 1. The van der Waals surface area contributed by atoms with E-state index in [0.29, 0.717) is 22.0 Å². The van der Waals surface area contributed by atoms with E-state index in [4.69, 9.17) is 11.6 Å². The topological polar surface area (TPSA) is 62.1 Å². The monoisotopic (exact) mass is 431 g/mol. The van der Waals surface area contributed by atoms with E-state index < -0.39 is 0 Å². The molecule has 2 aromatic rings. The van der Waals surface area contributed by atoms with E-state index in [-0.39, 0.29) is 19.0 Å². The summed E-state index contributed by atoms with van der Waals surface area (Å²) in [5, 5.41) is 3.62. The lowest BCUT2D eigenvalue weighted by Gasteiger charge is -2.26. The smallest absolute Gasteiger partial charge is 0.253 e. The van der Waals surface area contributed by atoms with Crippen molar-refractivity contribution in [2.45, 2.75) is 19.8 Å². The van der Waals surface area contributed by atoms with Crippen molar-refractivity contribution in [1.29, 1.82) is 0 Å². The highest BCUT2D eigenvalue weighted by Crippen LogP contribution is 2.32. The third-order valence-corrected chi connectivity index (χ3v) is 5.67. The lowest BCUT2D eigenvalue weighted by Crippen LogP contribution is -2.32. The summed E-state index contributed by atoms with van der Waals surface area (Å²) in [6.07, 6.45) is 9.87. The second-order valence-corrected chi connectivity index (χ2v) is 7.76. The summed E-state index contributed by atoms with van der Waals surface area (Å²) in [7, 11) is 0. The molecule has 0 saturated carbocycles. The van der Waals surface area contributed by atoms with Gasteiger partial charge in [-0.1, -0.05) is 53.2 Å². The third-order valence-electron chi connectivity index (χ3n) is 5.42. The molecule has 0 aromatic heterocycles. The summed E-state index contributed by atoms with van der Waals surface area (Å²) in [6, 6.07) is 13.4. The van der Waals surface area contributed by atoms with Crippen LogP contribution in [0.25, 0.3) is 6.08 Å². The summed E-state index contributed by atoms with van der Waals surface area (Å²) >= 11 is 6.05. The van der Waals surface area contributed by atoms with Gasteiger partial charge in [-0.2, -0.15) is 4.91 Å². The van der Waals surface area contributed by atoms with Gasteiger partial charge in [0.15, 0.2) is 0 Å². The van der Waals surface area contributed by atoms with Gasteiger partial charge in [0.2, 0.25) is 0 Å². The lowest BCUT2D eigenvalue weighted by molar-refractivity contribution is -0.116. The van der Waals surface area contributed by atoms with E-state index in [0.717, 1.165) is 29.7 Å². The fourth-order valence-electron chi connectivity index (χ4n) is 3.98. The minimum absolute atomic E-state index is 0.00587. The van der Waals surface area contributed by atoms with E-state index >= 15 is 0 Å². The van der Waals surface area contributed by atoms with E-state index in [1.54, 1.807) is 23.1 Å². The highest BCUT2D eigenvalue weighted by molar-refractivity contribution is 6.30. The van der Waals surface area contributed by atoms with Crippen molar-refractivity contribution in [1.82, 2.24) is 0 Å². The first-order valence-corrected chi connectivity index (χ1v) is 10.6. The Morgan fingerprint density at radius 1 is 1.19 bits per heavy atom. The molecule has 0 unspecified atom stereocenters. The molecule has 0 bridgehead atoms. The molecule has 0 saturated heterocycles.